The van der Waals surface area contributed by atoms with Crippen LogP contribution in [0.2, 0.25) is 0 Å². The van der Waals surface area contributed by atoms with Crippen molar-refractivity contribution in [1.82, 2.24) is 25.5 Å². The molecule has 2 aliphatic heterocycles. The summed E-state index contributed by atoms with van der Waals surface area (Å²) in [5.41, 5.74) is -1.16. The van der Waals surface area contributed by atoms with Crippen LogP contribution in [0.15, 0.2) is 72.4 Å². The topological polar surface area (TPSA) is 217 Å². The van der Waals surface area contributed by atoms with Gasteiger partial charge in [-0.15, -0.1) is 11.3 Å². The summed E-state index contributed by atoms with van der Waals surface area (Å²) in [6, 6.07) is 16.1. The van der Waals surface area contributed by atoms with Gasteiger partial charge in [-0.2, -0.15) is 23.7 Å². The second kappa shape index (κ2) is 23.0. The number of pyridine rings is 1. The highest BCUT2D eigenvalue weighted by Crippen LogP contribution is 2.44. The number of nitrogens with zero attached hydrogens (tertiary/aromatic N) is 7. The van der Waals surface area contributed by atoms with Crippen LogP contribution in [0.1, 0.15) is 81.8 Å². The van der Waals surface area contributed by atoms with E-state index in [2.05, 4.69) is 20.6 Å². The standard InChI is InChI=1S/C53H54F5N9O7S2/c1-29-45(76-28-63-29)31-11-9-30(10-12-31)24-62-47(70)39-21-36(68)26-65(39)48(71)46(51(2,3)4)64-41(69)27-73-17-7-8-18-74-40-16-14-32(19-34(40)23-60)44-37(54)20-35(25-61-44)67-50(75)66(49(72)52(67,5)6)38-15-13-33(22-59)42(43(38)55)53(56,57)58/h9-16,19-20,25,28,36,39,46,49,68,72H,7-8,17-18,21,24,26-27H2,1-6H3,(H,62,70)(H,64,69)/t36-,39+,46-,49?/m1/s1. The largest absolute Gasteiger partial charge is 0.492 e. The summed E-state index contributed by atoms with van der Waals surface area (Å²) in [5, 5.41) is 46.3. The van der Waals surface area contributed by atoms with E-state index in [1.807, 2.05) is 37.3 Å². The van der Waals surface area contributed by atoms with Gasteiger partial charge in [-0.3, -0.25) is 24.3 Å². The highest BCUT2D eigenvalue weighted by molar-refractivity contribution is 7.80. The van der Waals surface area contributed by atoms with Crippen molar-refractivity contribution < 1.29 is 56.0 Å². The molecule has 0 aliphatic carbocycles. The van der Waals surface area contributed by atoms with Crippen LogP contribution in [0.3, 0.4) is 0 Å². The van der Waals surface area contributed by atoms with Gasteiger partial charge in [-0.05, 0) is 92.7 Å². The van der Waals surface area contributed by atoms with Gasteiger partial charge in [0.05, 0.1) is 69.1 Å². The van der Waals surface area contributed by atoms with Crippen molar-refractivity contribution in [2.24, 2.45) is 5.41 Å². The minimum atomic E-state index is -5.25. The van der Waals surface area contributed by atoms with Crippen LogP contribution < -0.4 is 25.2 Å². The Hall–Kier alpha value is -7.15. The zero-order chi connectivity index (χ0) is 55.4. The molecular weight excluding hydrogens is 1030 g/mol. The monoisotopic (exact) mass is 1090 g/mol. The molecule has 2 aromatic heterocycles. The van der Waals surface area contributed by atoms with Crippen LogP contribution in [0.25, 0.3) is 21.7 Å². The number of ether oxygens (including phenoxy) is 2. The fourth-order valence-electron chi connectivity index (χ4n) is 8.98. The lowest BCUT2D eigenvalue weighted by atomic mass is 9.85. The Morgan fingerprint density at radius 2 is 1.64 bits per heavy atom. The summed E-state index contributed by atoms with van der Waals surface area (Å²) < 4.78 is 84.4. The third-order valence-electron chi connectivity index (χ3n) is 13.0. The van der Waals surface area contributed by atoms with E-state index in [4.69, 9.17) is 21.7 Å². The van der Waals surface area contributed by atoms with Gasteiger partial charge in [-0.1, -0.05) is 45.0 Å². The zero-order valence-corrected chi connectivity index (χ0v) is 43.8. The first-order valence-electron chi connectivity index (χ1n) is 23.9. The van der Waals surface area contributed by atoms with Crippen LogP contribution in [0.4, 0.5) is 33.3 Å². The zero-order valence-electron chi connectivity index (χ0n) is 42.2. The van der Waals surface area contributed by atoms with Crippen LogP contribution in [-0.2, 0) is 31.8 Å². The van der Waals surface area contributed by atoms with Gasteiger partial charge in [0.2, 0.25) is 17.7 Å². The molecule has 0 bridgehead atoms. The minimum Gasteiger partial charge on any atom is -0.492 e. The quantitative estimate of drug-likeness (QED) is 0.0396. The van der Waals surface area contributed by atoms with Crippen molar-refractivity contribution in [2.75, 3.05) is 36.2 Å². The summed E-state index contributed by atoms with van der Waals surface area (Å²) in [4.78, 5) is 53.5. The number of carbonyl (C=O) groups is 3. The number of benzene rings is 3. The van der Waals surface area contributed by atoms with Crippen molar-refractivity contribution in [1.29, 1.82) is 10.5 Å². The number of alkyl halides is 3. The maximum atomic E-state index is 15.9. The molecule has 16 nitrogen and oxygen atoms in total. The minimum absolute atomic E-state index is 0.0233. The molecule has 400 valence electrons. The lowest BCUT2D eigenvalue weighted by Gasteiger charge is -2.35. The molecule has 76 heavy (non-hydrogen) atoms. The fourth-order valence-corrected chi connectivity index (χ4v) is 10.3. The number of amides is 3. The predicted molar refractivity (Wildman–Crippen MR) is 275 cm³/mol. The van der Waals surface area contributed by atoms with E-state index in [1.54, 1.807) is 37.6 Å². The highest BCUT2D eigenvalue weighted by Gasteiger charge is 2.52. The van der Waals surface area contributed by atoms with Gasteiger partial charge in [-0.25, -0.2) is 13.8 Å². The number of carbonyl (C=O) groups excluding carboxylic acids is 3. The molecule has 0 saturated carbocycles. The lowest BCUT2D eigenvalue weighted by molar-refractivity contribution is -0.144. The van der Waals surface area contributed by atoms with Crippen LogP contribution >= 0.6 is 23.6 Å². The van der Waals surface area contributed by atoms with Gasteiger partial charge in [0.15, 0.2) is 23.0 Å². The number of rotatable bonds is 17. The number of aliphatic hydroxyl groups excluding tert-OH is 2. The van der Waals surface area contributed by atoms with Gasteiger partial charge >= 0.3 is 6.18 Å². The number of nitriles is 2. The molecule has 23 heteroatoms. The Morgan fingerprint density at radius 3 is 2.28 bits per heavy atom. The Morgan fingerprint density at radius 1 is 0.961 bits per heavy atom. The van der Waals surface area contributed by atoms with Gasteiger partial charge in [0, 0.05) is 37.7 Å². The molecule has 0 radical (unpaired) electrons. The van der Waals surface area contributed by atoms with E-state index < -0.39 is 87.7 Å². The molecule has 2 saturated heterocycles. The Labute approximate surface area is 444 Å². The fraction of sp³-hybridized carbons (Fsp3) is 0.396. The van der Waals surface area contributed by atoms with E-state index >= 15 is 8.78 Å². The molecule has 5 aromatic rings. The maximum absolute atomic E-state index is 15.9. The number of thiazole rings is 1. The summed E-state index contributed by atoms with van der Waals surface area (Å²) in [5.74, 6) is -4.01. The van der Waals surface area contributed by atoms with Crippen molar-refractivity contribution >= 4 is 57.8 Å². The van der Waals surface area contributed by atoms with Crippen LogP contribution in [-0.4, -0.2) is 104 Å². The first-order chi connectivity index (χ1) is 35.9. The SMILES string of the molecule is Cc1ncsc1-c1ccc(CNC(=O)[C@@H]2C[C@@H](O)CN2C(=O)[C@@H](NC(=O)COCCCCOc2ccc(-c3ncc(N4C(=S)N(c5ccc(C#N)c(C(F)(F)F)c5F)C(O)C4(C)C)cc3F)cc2C#N)C(C)(C)C)cc1. The molecule has 2 fully saturated rings. The first kappa shape index (κ1) is 56.6. The predicted octanol–water partition coefficient (Wildman–Crippen LogP) is 7.91. The third kappa shape index (κ3) is 12.1. The summed E-state index contributed by atoms with van der Waals surface area (Å²) in [7, 11) is 0. The highest BCUT2D eigenvalue weighted by atomic mass is 32.1. The molecular formula is C53H54F5N9O7S2. The molecule has 3 aromatic carbocycles. The number of unbranched alkanes of at least 4 members (excludes halogenated alkanes) is 1. The van der Waals surface area contributed by atoms with Crippen molar-refractivity contribution in [2.45, 2.75) is 103 Å². The number of anilines is 2. The number of aliphatic hydroxyl groups is 2. The number of nitrogens with one attached hydrogen (secondary N) is 2. The second-order valence-electron chi connectivity index (χ2n) is 19.8. The van der Waals surface area contributed by atoms with E-state index in [1.165, 1.54) is 54.1 Å². The van der Waals surface area contributed by atoms with Crippen molar-refractivity contribution in [3.63, 3.8) is 0 Å². The number of hydrogen-bond acceptors (Lipinski definition) is 13. The molecule has 0 spiro atoms. The Balaban J connectivity index is 0.888. The Bertz CT molecular complexity index is 3100. The second-order valence-corrected chi connectivity index (χ2v) is 21.1. The number of thiocarbonyl (C=S) groups is 1. The number of aromatic nitrogens is 2. The van der Waals surface area contributed by atoms with E-state index in [9.17, 15) is 48.3 Å². The third-order valence-corrected chi connectivity index (χ3v) is 14.3. The van der Waals surface area contributed by atoms with Gasteiger partial charge in [0.25, 0.3) is 0 Å². The molecule has 2 aliphatic rings. The van der Waals surface area contributed by atoms with Crippen LogP contribution in [0.5, 0.6) is 5.75 Å². The van der Waals surface area contributed by atoms with E-state index in [0.29, 0.717) is 12.8 Å². The van der Waals surface area contributed by atoms with Crippen LogP contribution in [0, 0.1) is 46.6 Å². The summed E-state index contributed by atoms with van der Waals surface area (Å²) in [6.07, 6.45) is -5.79. The smallest absolute Gasteiger partial charge is 0.420 e. The molecule has 4 heterocycles. The molecule has 7 rings (SSSR count). The number of likely N-dealkylation sites (tertiary alicyclic amines) is 1. The van der Waals surface area contributed by atoms with Crippen molar-refractivity contribution in [3.05, 3.63) is 112 Å². The Kier molecular flexibility index (Phi) is 17.1. The molecule has 4 atom stereocenters. The number of β-amino-alcohol motifs (C(OH)–C–C–N with tert-alkyl or cyclic N) is 1. The molecule has 1 unspecified atom stereocenters. The summed E-state index contributed by atoms with van der Waals surface area (Å²) in [6.45, 7) is 10.2. The number of halogens is 5. The lowest BCUT2D eigenvalue weighted by Crippen LogP contribution is -2.58. The maximum Gasteiger partial charge on any atom is 0.420 e. The summed E-state index contributed by atoms with van der Waals surface area (Å²) >= 11 is 7.06. The first-order valence-corrected chi connectivity index (χ1v) is 25.2. The number of hydrogen-bond donors (Lipinski definition) is 4. The van der Waals surface area contributed by atoms with Gasteiger partial charge in [0.1, 0.15) is 41.8 Å². The molecule has 4 N–H and O–H groups in total. The van der Waals surface area contributed by atoms with E-state index in [-0.39, 0.29) is 72.7 Å². The normalized spacial score (nSPS) is 17.8. The number of aryl methyl sites for hydroxylation is 1. The average Bonchev–Trinajstić information content (AvgIpc) is 4.04. The van der Waals surface area contributed by atoms with Gasteiger partial charge < -0.3 is 40.1 Å². The van der Waals surface area contributed by atoms with Crippen molar-refractivity contribution in [3.8, 4) is 39.6 Å². The average molecular weight is 1090 g/mol. The molecule has 3 amide bonds. The van der Waals surface area contributed by atoms with E-state index in [0.717, 1.165) is 44.8 Å².